The van der Waals surface area contributed by atoms with Crippen molar-refractivity contribution in [1.29, 1.82) is 0 Å². The largest absolute Gasteiger partial charge is 0.309 e. The molecule has 0 spiro atoms. The summed E-state index contributed by atoms with van der Waals surface area (Å²) >= 11 is 3.49. The van der Waals surface area contributed by atoms with Gasteiger partial charge in [0, 0.05) is 29.2 Å². The maximum absolute atomic E-state index is 12.9. The number of aryl methyl sites for hydroxylation is 1. The Morgan fingerprint density at radius 3 is 2.47 bits per heavy atom. The molecule has 0 fully saturated rings. The minimum atomic E-state index is -3.59. The summed E-state index contributed by atoms with van der Waals surface area (Å²) in [6, 6.07) is 22.3. The second kappa shape index (κ2) is 9.57. The predicted molar refractivity (Wildman–Crippen MR) is 130 cm³/mol. The van der Waals surface area contributed by atoms with Crippen molar-refractivity contribution in [2.24, 2.45) is 0 Å². The monoisotopic (exact) mass is 512 g/mol. The van der Waals surface area contributed by atoms with Gasteiger partial charge in [-0.1, -0.05) is 58.4 Å². The van der Waals surface area contributed by atoms with Crippen LogP contribution in [0.1, 0.15) is 30.0 Å². The Morgan fingerprint density at radius 2 is 1.75 bits per heavy atom. The summed E-state index contributed by atoms with van der Waals surface area (Å²) < 4.78 is 28.8. The van der Waals surface area contributed by atoms with Crippen molar-refractivity contribution < 1.29 is 13.2 Å². The van der Waals surface area contributed by atoms with E-state index in [1.165, 1.54) is 5.56 Å². The number of carbonyl (C=O) groups excluding carboxylic acids is 1. The van der Waals surface area contributed by atoms with Crippen LogP contribution in [0.5, 0.6) is 0 Å². The summed E-state index contributed by atoms with van der Waals surface area (Å²) in [6.45, 7) is 2.30. The lowest BCUT2D eigenvalue weighted by Crippen LogP contribution is -2.35. The number of nitrogens with zero attached hydrogens (tertiary/aromatic N) is 1. The Kier molecular flexibility index (Phi) is 6.79. The van der Waals surface area contributed by atoms with Crippen molar-refractivity contribution >= 4 is 37.5 Å². The molecule has 0 aliphatic carbocycles. The van der Waals surface area contributed by atoms with Crippen molar-refractivity contribution in [1.82, 2.24) is 4.72 Å². The highest BCUT2D eigenvalue weighted by molar-refractivity contribution is 9.10. The van der Waals surface area contributed by atoms with Gasteiger partial charge in [-0.05, 0) is 66.8 Å². The van der Waals surface area contributed by atoms with E-state index >= 15 is 0 Å². The molecule has 0 bridgehead atoms. The second-order valence-electron chi connectivity index (χ2n) is 8.04. The molecule has 0 aromatic heterocycles. The van der Waals surface area contributed by atoms with E-state index in [9.17, 15) is 13.2 Å². The van der Waals surface area contributed by atoms with Crippen LogP contribution in [0.2, 0.25) is 0 Å². The number of hydrogen-bond acceptors (Lipinski definition) is 3. The van der Waals surface area contributed by atoms with Crippen LogP contribution in [-0.2, 0) is 34.2 Å². The minimum Gasteiger partial charge on any atom is -0.309 e. The van der Waals surface area contributed by atoms with Gasteiger partial charge in [-0.3, -0.25) is 4.79 Å². The van der Waals surface area contributed by atoms with Crippen LogP contribution >= 0.6 is 15.9 Å². The maximum atomic E-state index is 12.9. The normalized spacial score (nSPS) is 15.6. The minimum absolute atomic E-state index is 0.0831. The molecule has 32 heavy (non-hydrogen) atoms. The van der Waals surface area contributed by atoms with E-state index in [1.54, 1.807) is 24.3 Å². The van der Waals surface area contributed by atoms with Gasteiger partial charge in [0.1, 0.15) is 0 Å². The first kappa shape index (κ1) is 22.7. The highest BCUT2D eigenvalue weighted by atomic mass is 79.9. The average Bonchev–Trinajstić information content (AvgIpc) is 3.12. The Balaban J connectivity index is 1.36. The van der Waals surface area contributed by atoms with Crippen molar-refractivity contribution in [3.05, 3.63) is 94.0 Å². The van der Waals surface area contributed by atoms with Gasteiger partial charge in [-0.15, -0.1) is 0 Å². The summed E-state index contributed by atoms with van der Waals surface area (Å²) in [5, 5.41) is 0. The summed E-state index contributed by atoms with van der Waals surface area (Å²) in [5.41, 5.74) is 3.99. The molecule has 3 aromatic carbocycles. The standard InChI is InChI=1S/C25H25BrN2O3S/c1-18-15-21-16-22(26)10-13-24(21)28(18)25(29)14-9-19-7-11-23(12-8-19)32(30,31)27-17-20-5-3-2-4-6-20/h2-8,10-13,16,18,27H,9,14-15,17H2,1H3/t18-/m1/s1. The quantitative estimate of drug-likeness (QED) is 0.492. The Bertz CT molecular complexity index is 1210. The molecule has 0 saturated carbocycles. The zero-order valence-corrected chi connectivity index (χ0v) is 20.2. The molecule has 1 aliphatic rings. The molecular weight excluding hydrogens is 488 g/mol. The van der Waals surface area contributed by atoms with Crippen molar-refractivity contribution in [2.45, 2.75) is 43.7 Å². The third-order valence-electron chi connectivity index (χ3n) is 5.70. The predicted octanol–water partition coefficient (Wildman–Crippen LogP) is 4.84. The lowest BCUT2D eigenvalue weighted by molar-refractivity contribution is -0.118. The molecule has 1 heterocycles. The fourth-order valence-electron chi connectivity index (χ4n) is 4.04. The molecule has 1 atom stereocenters. The summed E-state index contributed by atoms with van der Waals surface area (Å²) in [6.07, 6.45) is 1.78. The molecule has 1 amide bonds. The van der Waals surface area contributed by atoms with Crippen LogP contribution in [0.25, 0.3) is 0 Å². The lowest BCUT2D eigenvalue weighted by atomic mass is 10.1. The molecular formula is C25H25BrN2O3S. The number of anilines is 1. The summed E-state index contributed by atoms with van der Waals surface area (Å²) in [5.74, 6) is 0.0831. The molecule has 0 saturated heterocycles. The zero-order chi connectivity index (χ0) is 22.7. The van der Waals surface area contributed by atoms with Gasteiger partial charge in [0.15, 0.2) is 0 Å². The smallest absolute Gasteiger partial charge is 0.240 e. The molecule has 166 valence electrons. The Hall–Kier alpha value is -2.48. The molecule has 1 aliphatic heterocycles. The molecule has 7 heteroatoms. The van der Waals surface area contributed by atoms with Gasteiger partial charge in [-0.25, -0.2) is 13.1 Å². The highest BCUT2D eigenvalue weighted by Crippen LogP contribution is 2.34. The van der Waals surface area contributed by atoms with Crippen LogP contribution in [0.15, 0.2) is 82.2 Å². The average molecular weight is 513 g/mol. The fraction of sp³-hybridized carbons (Fsp3) is 0.240. The first-order chi connectivity index (χ1) is 15.3. The number of rotatable bonds is 7. The van der Waals surface area contributed by atoms with E-state index in [1.807, 2.05) is 47.4 Å². The van der Waals surface area contributed by atoms with E-state index in [0.717, 1.165) is 27.7 Å². The SMILES string of the molecule is C[C@@H]1Cc2cc(Br)ccc2N1C(=O)CCc1ccc(S(=O)(=O)NCc2ccccc2)cc1. The lowest BCUT2D eigenvalue weighted by Gasteiger charge is -2.23. The van der Waals surface area contributed by atoms with Crippen LogP contribution in [0.3, 0.4) is 0 Å². The maximum Gasteiger partial charge on any atom is 0.240 e. The molecule has 3 aromatic rings. The number of fused-ring (bicyclic) bond motifs is 1. The fourth-order valence-corrected chi connectivity index (χ4v) is 5.47. The van der Waals surface area contributed by atoms with Gasteiger partial charge in [-0.2, -0.15) is 0 Å². The number of nitrogens with one attached hydrogen (secondary N) is 1. The molecule has 4 rings (SSSR count). The third kappa shape index (κ3) is 5.11. The van der Waals surface area contributed by atoms with Crippen LogP contribution in [0.4, 0.5) is 5.69 Å². The Morgan fingerprint density at radius 1 is 1.03 bits per heavy atom. The van der Waals surface area contributed by atoms with Crippen LogP contribution in [-0.4, -0.2) is 20.4 Å². The number of amides is 1. The topological polar surface area (TPSA) is 66.5 Å². The highest BCUT2D eigenvalue weighted by Gasteiger charge is 2.30. The van der Waals surface area contributed by atoms with Gasteiger partial charge in [0.25, 0.3) is 0 Å². The molecule has 0 unspecified atom stereocenters. The first-order valence-corrected chi connectivity index (χ1v) is 12.8. The van der Waals surface area contributed by atoms with Gasteiger partial charge >= 0.3 is 0 Å². The van der Waals surface area contributed by atoms with Gasteiger partial charge in [0.2, 0.25) is 15.9 Å². The van der Waals surface area contributed by atoms with Crippen molar-refractivity contribution in [2.75, 3.05) is 4.90 Å². The molecule has 1 N–H and O–H groups in total. The van der Waals surface area contributed by atoms with Crippen LogP contribution in [0, 0.1) is 0 Å². The number of halogens is 1. The van der Waals surface area contributed by atoms with Gasteiger partial charge < -0.3 is 4.90 Å². The number of carbonyl (C=O) groups is 1. The van der Waals surface area contributed by atoms with Crippen LogP contribution < -0.4 is 9.62 Å². The van der Waals surface area contributed by atoms with Crippen molar-refractivity contribution in [3.8, 4) is 0 Å². The second-order valence-corrected chi connectivity index (χ2v) is 10.7. The van der Waals surface area contributed by atoms with E-state index in [2.05, 4.69) is 33.6 Å². The summed E-state index contributed by atoms with van der Waals surface area (Å²) in [4.78, 5) is 15.0. The van der Waals surface area contributed by atoms with Crippen molar-refractivity contribution in [3.63, 3.8) is 0 Å². The Labute approximate surface area is 197 Å². The van der Waals surface area contributed by atoms with Gasteiger partial charge in [0.05, 0.1) is 4.90 Å². The third-order valence-corrected chi connectivity index (χ3v) is 7.61. The number of hydrogen-bond donors (Lipinski definition) is 1. The van der Waals surface area contributed by atoms with E-state index in [-0.39, 0.29) is 23.4 Å². The zero-order valence-electron chi connectivity index (χ0n) is 17.8. The van der Waals surface area contributed by atoms with E-state index in [4.69, 9.17) is 0 Å². The van der Waals surface area contributed by atoms with E-state index in [0.29, 0.717) is 12.8 Å². The van der Waals surface area contributed by atoms with E-state index < -0.39 is 10.0 Å². The molecule has 0 radical (unpaired) electrons. The number of benzene rings is 3. The first-order valence-electron chi connectivity index (χ1n) is 10.6. The number of sulfonamides is 1. The molecule has 5 nitrogen and oxygen atoms in total. The summed E-state index contributed by atoms with van der Waals surface area (Å²) in [7, 11) is -3.59.